The Kier molecular flexibility index (Phi) is 3.94. The Labute approximate surface area is 148 Å². The van der Waals surface area contributed by atoms with E-state index in [-0.39, 0.29) is 5.91 Å². The lowest BCUT2D eigenvalue weighted by Crippen LogP contribution is -2.22. The van der Waals surface area contributed by atoms with Gasteiger partial charge in [-0.05, 0) is 55.2 Å². The lowest BCUT2D eigenvalue weighted by atomic mass is 9.94. The van der Waals surface area contributed by atoms with Crippen molar-refractivity contribution < 1.29 is 4.79 Å². The number of carbonyl (C=O) groups excluding carboxylic acids is 1. The summed E-state index contributed by atoms with van der Waals surface area (Å²) in [4.78, 5) is 15.7. The summed E-state index contributed by atoms with van der Waals surface area (Å²) < 4.78 is 0.945. The van der Waals surface area contributed by atoms with Gasteiger partial charge in [-0.15, -0.1) is 0 Å². The van der Waals surface area contributed by atoms with Crippen molar-refractivity contribution >= 4 is 38.5 Å². The smallest absolute Gasteiger partial charge is 0.271 e. The van der Waals surface area contributed by atoms with Gasteiger partial charge in [-0.1, -0.05) is 34.1 Å². The summed E-state index contributed by atoms with van der Waals surface area (Å²) in [5.74, 6) is -0.196. The maximum absolute atomic E-state index is 12.2. The summed E-state index contributed by atoms with van der Waals surface area (Å²) in [5, 5.41) is 5.64. The van der Waals surface area contributed by atoms with Gasteiger partial charge < -0.3 is 4.98 Å². The van der Waals surface area contributed by atoms with Crippen LogP contribution in [0.4, 0.5) is 0 Å². The zero-order chi connectivity index (χ0) is 16.5. The minimum Gasteiger partial charge on any atom is -0.353 e. The topological polar surface area (TPSA) is 57.2 Å². The summed E-state index contributed by atoms with van der Waals surface area (Å²) in [6.45, 7) is 0. The number of aromatic amines is 1. The van der Waals surface area contributed by atoms with Gasteiger partial charge in [0, 0.05) is 20.9 Å². The number of benzene rings is 2. The number of nitrogens with zero attached hydrogens (tertiary/aromatic N) is 1. The molecule has 0 bridgehead atoms. The maximum Gasteiger partial charge on any atom is 0.271 e. The van der Waals surface area contributed by atoms with Crippen LogP contribution in [0.5, 0.6) is 0 Å². The number of H-pyrrole nitrogens is 1. The van der Waals surface area contributed by atoms with Crippen LogP contribution in [0.25, 0.3) is 10.9 Å². The van der Waals surface area contributed by atoms with Crippen molar-refractivity contribution in [2.75, 3.05) is 0 Å². The first kappa shape index (κ1) is 15.1. The molecule has 0 atom stereocenters. The van der Waals surface area contributed by atoms with Gasteiger partial charge in [-0.2, -0.15) is 5.10 Å². The van der Waals surface area contributed by atoms with Crippen LogP contribution in [0.1, 0.15) is 34.5 Å². The van der Waals surface area contributed by atoms with E-state index in [1.165, 1.54) is 10.9 Å². The summed E-state index contributed by atoms with van der Waals surface area (Å²) in [5.41, 5.74) is 7.67. The number of rotatable bonds is 2. The standard InChI is InChI=1S/C19H16BrN3O/c20-13-10-8-12(9-11-13)19(24)23-22-17-7-3-5-15-14-4-1-2-6-16(14)21-18(15)17/h1-2,4,6,8-11,21H,3,5,7H2,(H,23,24)/b22-17+. The van der Waals surface area contributed by atoms with Crippen LogP contribution >= 0.6 is 15.9 Å². The number of amides is 1. The van der Waals surface area contributed by atoms with Crippen molar-refractivity contribution in [1.29, 1.82) is 0 Å². The highest BCUT2D eigenvalue weighted by atomic mass is 79.9. The molecule has 2 aromatic carbocycles. The predicted molar refractivity (Wildman–Crippen MR) is 99.4 cm³/mol. The van der Waals surface area contributed by atoms with E-state index in [1.807, 2.05) is 18.2 Å². The summed E-state index contributed by atoms with van der Waals surface area (Å²) in [7, 11) is 0. The second kappa shape index (κ2) is 6.24. The molecule has 0 unspecified atom stereocenters. The molecular formula is C19H16BrN3O. The van der Waals surface area contributed by atoms with Gasteiger partial charge in [0.15, 0.2) is 0 Å². The first-order chi connectivity index (χ1) is 11.7. The van der Waals surface area contributed by atoms with Gasteiger partial charge in [0.2, 0.25) is 0 Å². The summed E-state index contributed by atoms with van der Waals surface area (Å²) >= 11 is 3.37. The average Bonchev–Trinajstić information content (AvgIpc) is 2.99. The SMILES string of the molecule is O=C(N/N=C1\CCCc2c1[nH]c1ccccc21)c1ccc(Br)cc1. The third kappa shape index (κ3) is 2.76. The molecule has 0 saturated heterocycles. The number of aryl methyl sites for hydroxylation is 1. The van der Waals surface area contributed by atoms with Crippen LogP contribution in [0.15, 0.2) is 58.1 Å². The minimum atomic E-state index is -0.196. The van der Waals surface area contributed by atoms with Crippen molar-refractivity contribution in [3.05, 3.63) is 69.8 Å². The van der Waals surface area contributed by atoms with Crippen LogP contribution in [-0.4, -0.2) is 16.6 Å². The number of halogens is 1. The molecule has 0 fully saturated rings. The Hall–Kier alpha value is -2.40. The van der Waals surface area contributed by atoms with E-state index >= 15 is 0 Å². The molecule has 120 valence electrons. The van der Waals surface area contributed by atoms with E-state index in [0.717, 1.165) is 40.7 Å². The van der Waals surface area contributed by atoms with Crippen LogP contribution in [0, 0.1) is 0 Å². The van der Waals surface area contributed by atoms with Crippen molar-refractivity contribution in [3.8, 4) is 0 Å². The third-order valence-corrected chi connectivity index (χ3v) is 4.87. The lowest BCUT2D eigenvalue weighted by molar-refractivity contribution is 0.0954. The molecule has 4 nitrogen and oxygen atoms in total. The largest absolute Gasteiger partial charge is 0.353 e. The van der Waals surface area contributed by atoms with E-state index in [2.05, 4.69) is 49.6 Å². The fraction of sp³-hybridized carbons (Fsp3) is 0.158. The van der Waals surface area contributed by atoms with Crippen LogP contribution in [-0.2, 0) is 6.42 Å². The molecule has 1 aromatic heterocycles. The number of fused-ring (bicyclic) bond motifs is 3. The average molecular weight is 382 g/mol. The second-order valence-electron chi connectivity index (χ2n) is 5.88. The van der Waals surface area contributed by atoms with Crippen molar-refractivity contribution in [3.63, 3.8) is 0 Å². The highest BCUT2D eigenvalue weighted by Gasteiger charge is 2.20. The molecule has 2 N–H and O–H groups in total. The van der Waals surface area contributed by atoms with Crippen LogP contribution in [0.2, 0.25) is 0 Å². The molecule has 5 heteroatoms. The van der Waals surface area contributed by atoms with E-state index in [9.17, 15) is 4.79 Å². The minimum absolute atomic E-state index is 0.196. The Bertz CT molecular complexity index is 941. The van der Waals surface area contributed by atoms with Crippen molar-refractivity contribution in [2.24, 2.45) is 5.10 Å². The van der Waals surface area contributed by atoms with Crippen LogP contribution in [0.3, 0.4) is 0 Å². The van der Waals surface area contributed by atoms with Crippen LogP contribution < -0.4 is 5.43 Å². The van der Waals surface area contributed by atoms with Gasteiger partial charge in [-0.25, -0.2) is 5.43 Å². The maximum atomic E-state index is 12.2. The fourth-order valence-electron chi connectivity index (χ4n) is 3.16. The Balaban J connectivity index is 1.62. The molecule has 1 heterocycles. The number of hydrazone groups is 1. The Morgan fingerprint density at radius 1 is 1.08 bits per heavy atom. The van der Waals surface area contributed by atoms with E-state index in [1.54, 1.807) is 12.1 Å². The first-order valence-corrected chi connectivity index (χ1v) is 8.74. The third-order valence-electron chi connectivity index (χ3n) is 4.34. The summed E-state index contributed by atoms with van der Waals surface area (Å²) in [6, 6.07) is 15.5. The van der Waals surface area contributed by atoms with Gasteiger partial charge in [-0.3, -0.25) is 4.79 Å². The monoisotopic (exact) mass is 381 g/mol. The molecule has 0 spiro atoms. The van der Waals surface area contributed by atoms with Crippen molar-refractivity contribution in [1.82, 2.24) is 10.4 Å². The van der Waals surface area contributed by atoms with Gasteiger partial charge in [0.25, 0.3) is 5.91 Å². The Morgan fingerprint density at radius 2 is 1.88 bits per heavy atom. The van der Waals surface area contributed by atoms with Gasteiger partial charge in [0.1, 0.15) is 0 Å². The molecule has 0 saturated carbocycles. The molecule has 0 radical (unpaired) electrons. The van der Waals surface area contributed by atoms with E-state index in [0.29, 0.717) is 5.56 Å². The fourth-order valence-corrected chi connectivity index (χ4v) is 3.42. The molecule has 0 aliphatic heterocycles. The number of nitrogens with one attached hydrogen (secondary N) is 2. The number of aromatic nitrogens is 1. The first-order valence-electron chi connectivity index (χ1n) is 7.95. The van der Waals surface area contributed by atoms with E-state index < -0.39 is 0 Å². The molecule has 1 aliphatic carbocycles. The highest BCUT2D eigenvalue weighted by molar-refractivity contribution is 9.10. The number of hydrogen-bond donors (Lipinski definition) is 2. The highest BCUT2D eigenvalue weighted by Crippen LogP contribution is 2.29. The predicted octanol–water partition coefficient (Wildman–Crippen LogP) is 4.40. The second-order valence-corrected chi connectivity index (χ2v) is 6.80. The molecule has 24 heavy (non-hydrogen) atoms. The molecule has 4 rings (SSSR count). The van der Waals surface area contributed by atoms with E-state index in [4.69, 9.17) is 0 Å². The molecule has 1 aliphatic rings. The summed E-state index contributed by atoms with van der Waals surface area (Å²) in [6.07, 6.45) is 2.95. The molecular weight excluding hydrogens is 366 g/mol. The van der Waals surface area contributed by atoms with Gasteiger partial charge in [0.05, 0.1) is 11.4 Å². The zero-order valence-corrected chi connectivity index (χ0v) is 14.6. The van der Waals surface area contributed by atoms with Gasteiger partial charge >= 0.3 is 0 Å². The molecule has 1 amide bonds. The Morgan fingerprint density at radius 3 is 2.71 bits per heavy atom. The quantitative estimate of drug-likeness (QED) is 0.635. The van der Waals surface area contributed by atoms with Crippen molar-refractivity contribution in [2.45, 2.75) is 19.3 Å². The zero-order valence-electron chi connectivity index (χ0n) is 13.0. The molecule has 3 aromatic rings. The number of para-hydroxylation sites is 1. The lowest BCUT2D eigenvalue weighted by Gasteiger charge is -2.14. The normalized spacial score (nSPS) is 15.5. The number of carbonyl (C=O) groups is 1. The number of hydrogen-bond acceptors (Lipinski definition) is 2.